The van der Waals surface area contributed by atoms with Gasteiger partial charge in [-0.25, -0.2) is 0 Å². The van der Waals surface area contributed by atoms with E-state index in [0.29, 0.717) is 18.5 Å². The van der Waals surface area contributed by atoms with Crippen LogP contribution in [-0.2, 0) is 4.79 Å². The van der Waals surface area contributed by atoms with E-state index < -0.39 is 0 Å². The van der Waals surface area contributed by atoms with Crippen LogP contribution in [-0.4, -0.2) is 36.5 Å². The summed E-state index contributed by atoms with van der Waals surface area (Å²) in [5.74, 6) is 1.05. The molecule has 1 saturated carbocycles. The molecule has 1 N–H and O–H groups in total. The maximum Gasteiger partial charge on any atom is 0.236 e. The van der Waals surface area contributed by atoms with Gasteiger partial charge in [0.25, 0.3) is 0 Å². The van der Waals surface area contributed by atoms with Gasteiger partial charge in [-0.3, -0.25) is 4.79 Å². The van der Waals surface area contributed by atoms with Crippen LogP contribution in [0.15, 0.2) is 0 Å². The zero-order chi connectivity index (χ0) is 11.4. The van der Waals surface area contributed by atoms with Crippen molar-refractivity contribution in [2.24, 2.45) is 5.92 Å². The Labute approximate surface area is 98.6 Å². The zero-order valence-corrected chi connectivity index (χ0v) is 10.4. The number of hydrogen-bond donors (Lipinski definition) is 1. The third-order valence-electron chi connectivity index (χ3n) is 4.09. The molecule has 0 bridgehead atoms. The van der Waals surface area contributed by atoms with Crippen molar-refractivity contribution in [3.05, 3.63) is 0 Å². The number of carbonyl (C=O) groups is 1. The fourth-order valence-electron chi connectivity index (χ4n) is 2.92. The summed E-state index contributed by atoms with van der Waals surface area (Å²) in [6.45, 7) is 4.78. The van der Waals surface area contributed by atoms with Crippen LogP contribution in [0.4, 0.5) is 0 Å². The van der Waals surface area contributed by atoms with Gasteiger partial charge in [-0.05, 0) is 38.0 Å². The number of hydrogen-bond acceptors (Lipinski definition) is 2. The average molecular weight is 224 g/mol. The van der Waals surface area contributed by atoms with Crippen molar-refractivity contribution >= 4 is 5.91 Å². The second-order valence-corrected chi connectivity index (χ2v) is 5.34. The molecule has 3 heteroatoms. The first-order valence-corrected chi connectivity index (χ1v) is 6.78. The molecule has 0 radical (unpaired) electrons. The van der Waals surface area contributed by atoms with Crippen LogP contribution in [0.3, 0.4) is 0 Å². The minimum absolute atomic E-state index is 0.304. The fraction of sp³-hybridized carbons (Fsp3) is 0.923. The van der Waals surface area contributed by atoms with Crippen molar-refractivity contribution in [1.82, 2.24) is 10.2 Å². The Bertz CT molecular complexity index is 236. The molecule has 3 nitrogen and oxygen atoms in total. The van der Waals surface area contributed by atoms with Gasteiger partial charge in [0.15, 0.2) is 0 Å². The molecule has 1 aliphatic carbocycles. The molecule has 92 valence electrons. The predicted octanol–water partition coefficient (Wildman–Crippen LogP) is 1.78. The van der Waals surface area contributed by atoms with E-state index in [1.807, 2.05) is 4.90 Å². The highest BCUT2D eigenvalue weighted by Gasteiger charge is 2.24. The highest BCUT2D eigenvalue weighted by atomic mass is 16.2. The highest BCUT2D eigenvalue weighted by molar-refractivity contribution is 5.78. The summed E-state index contributed by atoms with van der Waals surface area (Å²) in [6, 6.07) is 0.578. The van der Waals surface area contributed by atoms with Crippen LogP contribution >= 0.6 is 0 Å². The molecule has 1 heterocycles. The lowest BCUT2D eigenvalue weighted by atomic mass is 10.1. The second kappa shape index (κ2) is 5.67. The van der Waals surface area contributed by atoms with Crippen molar-refractivity contribution in [2.45, 2.75) is 51.5 Å². The molecule has 1 amide bonds. The van der Waals surface area contributed by atoms with Crippen molar-refractivity contribution in [3.63, 3.8) is 0 Å². The lowest BCUT2D eigenvalue weighted by molar-refractivity contribution is -0.131. The summed E-state index contributed by atoms with van der Waals surface area (Å²) >= 11 is 0. The van der Waals surface area contributed by atoms with Gasteiger partial charge in [-0.2, -0.15) is 0 Å². The third-order valence-corrected chi connectivity index (χ3v) is 4.09. The number of nitrogens with zero attached hydrogens (tertiary/aromatic N) is 1. The third kappa shape index (κ3) is 2.97. The van der Waals surface area contributed by atoms with Crippen molar-refractivity contribution in [3.8, 4) is 0 Å². The fourth-order valence-corrected chi connectivity index (χ4v) is 2.92. The van der Waals surface area contributed by atoms with Crippen molar-refractivity contribution < 1.29 is 4.79 Å². The lowest BCUT2D eigenvalue weighted by Crippen LogP contribution is -2.44. The van der Waals surface area contributed by atoms with Gasteiger partial charge in [0.1, 0.15) is 0 Å². The Morgan fingerprint density at radius 3 is 2.56 bits per heavy atom. The van der Waals surface area contributed by atoms with Crippen molar-refractivity contribution in [1.29, 1.82) is 0 Å². The van der Waals surface area contributed by atoms with Gasteiger partial charge in [0, 0.05) is 19.1 Å². The standard InChI is InChI=1S/C13H24N2O/c1-11-6-5-7-12(11)14-10-13(16)15-8-3-2-4-9-15/h11-12,14H,2-10H2,1H3. The van der Waals surface area contributed by atoms with Crippen LogP contribution in [0.1, 0.15) is 45.4 Å². The van der Waals surface area contributed by atoms with E-state index in [1.165, 1.54) is 38.5 Å². The maximum atomic E-state index is 11.9. The molecule has 2 aliphatic rings. The van der Waals surface area contributed by atoms with E-state index in [-0.39, 0.29) is 0 Å². The molecule has 0 aromatic rings. The van der Waals surface area contributed by atoms with Crippen molar-refractivity contribution in [2.75, 3.05) is 19.6 Å². The molecule has 2 rings (SSSR count). The van der Waals surface area contributed by atoms with Crippen LogP contribution in [0.2, 0.25) is 0 Å². The van der Waals surface area contributed by atoms with Gasteiger partial charge in [0.05, 0.1) is 6.54 Å². The molecule has 1 saturated heterocycles. The van der Waals surface area contributed by atoms with Crippen LogP contribution in [0, 0.1) is 5.92 Å². The number of piperidine rings is 1. The van der Waals surface area contributed by atoms with E-state index >= 15 is 0 Å². The summed E-state index contributed by atoms with van der Waals surface area (Å²) in [6.07, 6.45) is 7.54. The van der Waals surface area contributed by atoms with E-state index in [4.69, 9.17) is 0 Å². The summed E-state index contributed by atoms with van der Waals surface area (Å²) in [5.41, 5.74) is 0. The predicted molar refractivity (Wildman–Crippen MR) is 65.2 cm³/mol. The smallest absolute Gasteiger partial charge is 0.236 e. The molecule has 2 unspecified atom stereocenters. The number of rotatable bonds is 3. The van der Waals surface area contributed by atoms with Crippen LogP contribution < -0.4 is 5.32 Å². The first-order valence-electron chi connectivity index (χ1n) is 6.78. The van der Waals surface area contributed by atoms with Gasteiger partial charge in [-0.1, -0.05) is 13.3 Å². The van der Waals surface area contributed by atoms with Gasteiger partial charge >= 0.3 is 0 Å². The number of carbonyl (C=O) groups excluding carboxylic acids is 1. The largest absolute Gasteiger partial charge is 0.342 e. The Balaban J connectivity index is 1.70. The molecule has 0 aromatic carbocycles. The van der Waals surface area contributed by atoms with E-state index in [9.17, 15) is 4.79 Å². The van der Waals surface area contributed by atoms with Gasteiger partial charge < -0.3 is 10.2 Å². The maximum absolute atomic E-state index is 11.9. The van der Waals surface area contributed by atoms with Gasteiger partial charge in [0.2, 0.25) is 5.91 Å². The molecular weight excluding hydrogens is 200 g/mol. The number of nitrogens with one attached hydrogen (secondary N) is 1. The molecule has 2 atom stereocenters. The topological polar surface area (TPSA) is 32.3 Å². The molecular formula is C13H24N2O. The quantitative estimate of drug-likeness (QED) is 0.792. The second-order valence-electron chi connectivity index (χ2n) is 5.34. The summed E-state index contributed by atoms with van der Waals surface area (Å²) in [4.78, 5) is 13.9. The lowest BCUT2D eigenvalue weighted by Gasteiger charge is -2.28. The Morgan fingerprint density at radius 2 is 1.94 bits per heavy atom. The first-order chi connectivity index (χ1) is 7.77. The Morgan fingerprint density at radius 1 is 1.19 bits per heavy atom. The number of likely N-dealkylation sites (tertiary alicyclic amines) is 1. The SMILES string of the molecule is CC1CCCC1NCC(=O)N1CCCCC1. The molecule has 16 heavy (non-hydrogen) atoms. The van der Waals surface area contributed by atoms with Crippen LogP contribution in [0.5, 0.6) is 0 Å². The normalized spacial score (nSPS) is 30.7. The van der Waals surface area contributed by atoms with E-state index in [1.54, 1.807) is 0 Å². The van der Waals surface area contributed by atoms with Gasteiger partial charge in [-0.15, -0.1) is 0 Å². The average Bonchev–Trinajstić information content (AvgIpc) is 2.73. The molecule has 0 aromatic heterocycles. The summed E-state index contributed by atoms with van der Waals surface area (Å²) < 4.78 is 0. The zero-order valence-electron chi connectivity index (χ0n) is 10.4. The summed E-state index contributed by atoms with van der Waals surface area (Å²) in [7, 11) is 0. The molecule has 0 spiro atoms. The van der Waals surface area contributed by atoms with E-state index in [0.717, 1.165) is 19.0 Å². The number of amides is 1. The minimum Gasteiger partial charge on any atom is -0.342 e. The molecule has 2 fully saturated rings. The summed E-state index contributed by atoms with van der Waals surface area (Å²) in [5, 5.41) is 3.44. The Hall–Kier alpha value is -0.570. The minimum atomic E-state index is 0.304. The monoisotopic (exact) mass is 224 g/mol. The van der Waals surface area contributed by atoms with Crippen LogP contribution in [0.25, 0.3) is 0 Å². The highest BCUT2D eigenvalue weighted by Crippen LogP contribution is 2.24. The Kier molecular flexibility index (Phi) is 4.22. The molecule has 1 aliphatic heterocycles. The first kappa shape index (κ1) is 11.9. The van der Waals surface area contributed by atoms with E-state index in [2.05, 4.69) is 12.2 Å².